The Bertz CT molecular complexity index is 1570. The molecule has 42 heavy (non-hydrogen) atoms. The Kier molecular flexibility index (Phi) is 7.97. The zero-order chi connectivity index (χ0) is 29.2. The smallest absolute Gasteiger partial charge is 0.322 e. The summed E-state index contributed by atoms with van der Waals surface area (Å²) in [6, 6.07) is 13.6. The van der Waals surface area contributed by atoms with Gasteiger partial charge in [0.2, 0.25) is 0 Å². The van der Waals surface area contributed by atoms with Gasteiger partial charge in [-0.3, -0.25) is 0 Å². The van der Waals surface area contributed by atoms with Gasteiger partial charge in [-0.1, -0.05) is 13.0 Å². The van der Waals surface area contributed by atoms with E-state index in [-0.39, 0.29) is 29.5 Å². The standard InChI is InChI=1S/C32H35F2N5O3/c1-3-38-15-11-23(12-16-38)41-28-7-5-22(18-27(28)30(33)34)37-32(40)39-17-10-21-4-6-24(19-26(21)20(39)2)42-29-9-14-36-31-25(29)8-13-35-31/h4-9,13-14,18-20,23,30H,3,10-12,15-17H2,1-2H3,(H,35,36)(H,37,40)/t20-/m0/s1. The van der Waals surface area contributed by atoms with Gasteiger partial charge in [0.05, 0.1) is 17.0 Å². The number of amides is 2. The first-order chi connectivity index (χ1) is 20.4. The van der Waals surface area contributed by atoms with E-state index in [4.69, 9.17) is 9.47 Å². The number of rotatable bonds is 7. The van der Waals surface area contributed by atoms with Crippen molar-refractivity contribution in [3.8, 4) is 17.2 Å². The molecule has 4 heterocycles. The minimum atomic E-state index is -2.72. The van der Waals surface area contributed by atoms with E-state index in [0.29, 0.717) is 30.2 Å². The zero-order valence-corrected chi connectivity index (χ0v) is 23.8. The quantitative estimate of drug-likeness (QED) is 0.242. The van der Waals surface area contributed by atoms with Crippen LogP contribution in [0.1, 0.15) is 55.8 Å². The number of fused-ring (bicyclic) bond motifs is 2. The molecule has 2 aromatic carbocycles. The summed E-state index contributed by atoms with van der Waals surface area (Å²) in [6.07, 6.45) is 2.97. The van der Waals surface area contributed by atoms with Crippen LogP contribution in [-0.4, -0.2) is 58.1 Å². The molecule has 2 aliphatic heterocycles. The van der Waals surface area contributed by atoms with Gasteiger partial charge in [0.1, 0.15) is 29.0 Å². The van der Waals surface area contributed by atoms with Crippen molar-refractivity contribution in [2.45, 2.75) is 51.7 Å². The Morgan fingerprint density at radius 1 is 1.10 bits per heavy atom. The Morgan fingerprint density at radius 3 is 2.71 bits per heavy atom. The fraction of sp³-hybridized carbons (Fsp3) is 0.375. The number of piperidine rings is 1. The van der Waals surface area contributed by atoms with Gasteiger partial charge in [-0.2, -0.15) is 0 Å². The van der Waals surface area contributed by atoms with Gasteiger partial charge < -0.3 is 29.6 Å². The molecule has 4 aromatic rings. The number of anilines is 1. The molecule has 2 aromatic heterocycles. The van der Waals surface area contributed by atoms with Crippen molar-refractivity contribution >= 4 is 22.8 Å². The Morgan fingerprint density at radius 2 is 1.93 bits per heavy atom. The molecule has 1 fully saturated rings. The topological polar surface area (TPSA) is 82.7 Å². The van der Waals surface area contributed by atoms with Crippen LogP contribution in [0.15, 0.2) is 60.9 Å². The summed E-state index contributed by atoms with van der Waals surface area (Å²) in [4.78, 5) is 24.8. The van der Waals surface area contributed by atoms with Gasteiger partial charge in [0.15, 0.2) is 0 Å². The molecule has 0 radical (unpaired) electrons. The maximum Gasteiger partial charge on any atom is 0.322 e. The van der Waals surface area contributed by atoms with E-state index in [1.807, 2.05) is 43.5 Å². The van der Waals surface area contributed by atoms with E-state index < -0.39 is 6.43 Å². The van der Waals surface area contributed by atoms with E-state index in [1.165, 1.54) is 6.07 Å². The van der Waals surface area contributed by atoms with Crippen molar-refractivity contribution in [1.29, 1.82) is 0 Å². The van der Waals surface area contributed by atoms with Gasteiger partial charge in [-0.25, -0.2) is 18.6 Å². The average molecular weight is 576 g/mol. The zero-order valence-electron chi connectivity index (χ0n) is 23.8. The van der Waals surface area contributed by atoms with Crippen LogP contribution in [0.5, 0.6) is 17.2 Å². The molecular formula is C32H35F2N5O3. The lowest BCUT2D eigenvalue weighted by molar-refractivity contribution is 0.0943. The van der Waals surface area contributed by atoms with Crippen LogP contribution in [0, 0.1) is 0 Å². The number of nitrogens with zero attached hydrogens (tertiary/aromatic N) is 3. The first-order valence-corrected chi connectivity index (χ1v) is 14.5. The van der Waals surface area contributed by atoms with Crippen molar-refractivity contribution in [3.63, 3.8) is 0 Å². The highest BCUT2D eigenvalue weighted by molar-refractivity contribution is 5.90. The van der Waals surface area contributed by atoms with Gasteiger partial charge in [-0.15, -0.1) is 0 Å². The number of aromatic amines is 1. The Balaban J connectivity index is 1.14. The van der Waals surface area contributed by atoms with E-state index in [2.05, 4.69) is 27.1 Å². The second kappa shape index (κ2) is 12.0. The van der Waals surface area contributed by atoms with E-state index in [9.17, 15) is 13.6 Å². The minimum absolute atomic E-state index is 0.0958. The molecule has 0 spiro atoms. The minimum Gasteiger partial charge on any atom is -0.490 e. The van der Waals surface area contributed by atoms with Crippen LogP contribution in [0.4, 0.5) is 19.3 Å². The Labute approximate surface area is 243 Å². The molecule has 0 unspecified atom stereocenters. The van der Waals surface area contributed by atoms with Gasteiger partial charge in [0, 0.05) is 37.7 Å². The number of alkyl halides is 2. The molecule has 0 bridgehead atoms. The molecule has 0 saturated carbocycles. The van der Waals surface area contributed by atoms with Crippen LogP contribution in [-0.2, 0) is 6.42 Å². The van der Waals surface area contributed by atoms with Crippen LogP contribution >= 0.6 is 0 Å². The highest BCUT2D eigenvalue weighted by atomic mass is 19.3. The molecule has 1 saturated heterocycles. The Hall–Kier alpha value is -4.18. The predicted octanol–water partition coefficient (Wildman–Crippen LogP) is 7.31. The number of pyridine rings is 1. The number of ether oxygens (including phenoxy) is 2. The van der Waals surface area contributed by atoms with Crippen LogP contribution < -0.4 is 14.8 Å². The van der Waals surface area contributed by atoms with Crippen molar-refractivity contribution in [2.24, 2.45) is 0 Å². The largest absolute Gasteiger partial charge is 0.490 e. The fourth-order valence-electron chi connectivity index (χ4n) is 5.91. The molecule has 0 aliphatic carbocycles. The van der Waals surface area contributed by atoms with Crippen LogP contribution in [0.2, 0.25) is 0 Å². The summed E-state index contributed by atoms with van der Waals surface area (Å²) in [5.74, 6) is 1.53. The normalized spacial score (nSPS) is 17.8. The predicted molar refractivity (Wildman–Crippen MR) is 158 cm³/mol. The molecule has 10 heteroatoms. The van der Waals surface area contributed by atoms with E-state index >= 15 is 0 Å². The number of benzene rings is 2. The van der Waals surface area contributed by atoms with Crippen molar-refractivity contribution in [2.75, 3.05) is 31.5 Å². The van der Waals surface area contributed by atoms with Crippen molar-refractivity contribution in [3.05, 3.63) is 77.6 Å². The summed E-state index contributed by atoms with van der Waals surface area (Å²) < 4.78 is 40.3. The number of aromatic nitrogens is 2. The number of hydrogen-bond donors (Lipinski definition) is 2. The molecule has 220 valence electrons. The molecule has 1 atom stereocenters. The van der Waals surface area contributed by atoms with Crippen LogP contribution in [0.3, 0.4) is 0 Å². The summed E-state index contributed by atoms with van der Waals surface area (Å²) in [6.45, 7) is 7.35. The van der Waals surface area contributed by atoms with Gasteiger partial charge in [0.25, 0.3) is 6.43 Å². The molecule has 6 rings (SSSR count). The number of likely N-dealkylation sites (tertiary alicyclic amines) is 1. The summed E-state index contributed by atoms with van der Waals surface area (Å²) >= 11 is 0. The molecule has 2 aliphatic rings. The fourth-order valence-corrected chi connectivity index (χ4v) is 5.91. The molecule has 8 nitrogen and oxygen atoms in total. The SMILES string of the molecule is CCN1CCC(Oc2ccc(NC(=O)N3CCc4ccc(Oc5ccnc6[nH]ccc56)cc4[C@@H]3C)cc2C(F)F)CC1. The molecule has 2 N–H and O–H groups in total. The first-order valence-electron chi connectivity index (χ1n) is 14.5. The average Bonchev–Trinajstić information content (AvgIpc) is 3.49. The second-order valence-electron chi connectivity index (χ2n) is 10.9. The maximum atomic E-state index is 14.0. The number of urea groups is 1. The maximum absolute atomic E-state index is 14.0. The summed E-state index contributed by atoms with van der Waals surface area (Å²) in [5.41, 5.74) is 2.98. The van der Waals surface area contributed by atoms with Crippen molar-refractivity contribution in [1.82, 2.24) is 19.8 Å². The van der Waals surface area contributed by atoms with Gasteiger partial charge in [-0.05, 0) is 86.3 Å². The first kappa shape index (κ1) is 28.0. The third-order valence-corrected chi connectivity index (χ3v) is 8.34. The lowest BCUT2D eigenvalue weighted by atomic mass is 9.93. The monoisotopic (exact) mass is 575 g/mol. The highest BCUT2D eigenvalue weighted by Gasteiger charge is 2.29. The number of carbonyl (C=O) groups is 1. The van der Waals surface area contributed by atoms with E-state index in [1.54, 1.807) is 23.2 Å². The second-order valence-corrected chi connectivity index (χ2v) is 10.9. The number of hydrogen-bond acceptors (Lipinski definition) is 5. The molecule has 2 amide bonds. The summed E-state index contributed by atoms with van der Waals surface area (Å²) in [5, 5.41) is 3.71. The number of H-pyrrole nitrogens is 1. The number of halogens is 2. The molecular weight excluding hydrogens is 540 g/mol. The highest BCUT2D eigenvalue weighted by Crippen LogP contribution is 2.37. The lowest BCUT2D eigenvalue weighted by Crippen LogP contribution is -2.41. The van der Waals surface area contributed by atoms with Crippen molar-refractivity contribution < 1.29 is 23.0 Å². The third-order valence-electron chi connectivity index (χ3n) is 8.34. The van der Waals surface area contributed by atoms with Crippen LogP contribution in [0.25, 0.3) is 11.0 Å². The van der Waals surface area contributed by atoms with E-state index in [0.717, 1.165) is 54.6 Å². The van der Waals surface area contributed by atoms with Gasteiger partial charge >= 0.3 is 6.03 Å². The number of nitrogens with one attached hydrogen (secondary N) is 2. The lowest BCUT2D eigenvalue weighted by Gasteiger charge is -2.35. The number of carbonyl (C=O) groups excluding carboxylic acids is 1. The third kappa shape index (κ3) is 5.76. The summed E-state index contributed by atoms with van der Waals surface area (Å²) in [7, 11) is 0.